The lowest BCUT2D eigenvalue weighted by molar-refractivity contribution is 0.355. The zero-order valence-corrected chi connectivity index (χ0v) is 16.8. The number of nitrogen functional groups attached to an aromatic ring is 1. The van der Waals surface area contributed by atoms with Gasteiger partial charge in [0.05, 0.1) is 30.8 Å². The van der Waals surface area contributed by atoms with E-state index >= 15 is 0 Å². The van der Waals surface area contributed by atoms with E-state index in [1.54, 1.807) is 20.5 Å². The van der Waals surface area contributed by atoms with Crippen molar-refractivity contribution in [3.05, 3.63) is 24.5 Å². The van der Waals surface area contributed by atoms with E-state index in [1.165, 1.54) is 11.8 Å². The zero-order chi connectivity index (χ0) is 19.4. The number of hydrogen-bond acceptors (Lipinski definition) is 8. The molecule has 0 aliphatic heterocycles. The van der Waals surface area contributed by atoms with E-state index < -0.39 is 0 Å². The number of nitrogens with one attached hydrogen (secondary N) is 2. The van der Waals surface area contributed by atoms with Gasteiger partial charge >= 0.3 is 0 Å². The van der Waals surface area contributed by atoms with Gasteiger partial charge in [0.15, 0.2) is 17.1 Å². The van der Waals surface area contributed by atoms with Gasteiger partial charge < -0.3 is 25.5 Å². The van der Waals surface area contributed by atoms with Crippen molar-refractivity contribution in [2.75, 3.05) is 25.3 Å². The number of H-pyrrole nitrogens is 1. The molecule has 2 aromatic heterocycles. The van der Waals surface area contributed by atoms with Crippen LogP contribution in [-0.4, -0.2) is 44.4 Å². The number of fused-ring (bicyclic) bond motifs is 1. The smallest absolute Gasteiger partial charge is 0.223 e. The monoisotopic (exact) mass is 404 g/mol. The fourth-order valence-electron chi connectivity index (χ4n) is 2.50. The summed E-state index contributed by atoms with van der Waals surface area (Å²) >= 11 is 7.15. The van der Waals surface area contributed by atoms with Crippen molar-refractivity contribution in [3.63, 3.8) is 0 Å². The van der Waals surface area contributed by atoms with E-state index in [9.17, 15) is 0 Å². The summed E-state index contributed by atoms with van der Waals surface area (Å²) in [6.45, 7) is 2.06. The number of thiocarbonyl (C=S) groups is 1. The van der Waals surface area contributed by atoms with Gasteiger partial charge in [0.1, 0.15) is 10.5 Å². The molecule has 1 aromatic carbocycles. The maximum absolute atomic E-state index is 5.80. The molecule has 2 heterocycles. The Morgan fingerprint density at radius 3 is 2.78 bits per heavy atom. The molecule has 0 bridgehead atoms. The first-order chi connectivity index (χ1) is 13.0. The number of benzene rings is 1. The number of ether oxygens (including phenoxy) is 2. The van der Waals surface area contributed by atoms with Crippen LogP contribution in [-0.2, 0) is 0 Å². The maximum Gasteiger partial charge on any atom is 0.223 e. The number of imidazole rings is 1. The Kier molecular flexibility index (Phi) is 5.97. The standard InChI is InChI=1S/C17H20N6O2S2/c1-4-12(27-16-13-14(20-8-19-13)22-17(18)23-16)15(26)21-9-5-6-10(24-2)11(7-9)25-3/h5-8,12H,4H2,1-3H3,(H,21,26)(H3,18,19,20,22,23)/t12-/m1/s1. The Morgan fingerprint density at radius 1 is 1.30 bits per heavy atom. The van der Waals surface area contributed by atoms with Crippen molar-refractivity contribution in [2.45, 2.75) is 23.6 Å². The topological polar surface area (TPSA) is 111 Å². The van der Waals surface area contributed by atoms with Crippen LogP contribution >= 0.6 is 24.0 Å². The van der Waals surface area contributed by atoms with Crippen LogP contribution in [0.5, 0.6) is 11.5 Å². The highest BCUT2D eigenvalue weighted by atomic mass is 32.2. The number of thioether (sulfide) groups is 1. The second-order valence-corrected chi connectivity index (χ2v) is 7.19. The van der Waals surface area contributed by atoms with Gasteiger partial charge in [-0.1, -0.05) is 30.9 Å². The second kappa shape index (κ2) is 8.40. The molecule has 0 radical (unpaired) electrons. The normalized spacial score (nSPS) is 12.0. The molecule has 0 fully saturated rings. The third-order valence-corrected chi connectivity index (χ3v) is 5.75. The minimum absolute atomic E-state index is 0.00565. The van der Waals surface area contributed by atoms with Crippen LogP contribution in [0, 0.1) is 0 Å². The average molecular weight is 405 g/mol. The minimum atomic E-state index is -0.00565. The Labute approximate surface area is 166 Å². The number of rotatable bonds is 7. The Hall–Kier alpha value is -2.59. The van der Waals surface area contributed by atoms with Crippen molar-refractivity contribution in [3.8, 4) is 11.5 Å². The summed E-state index contributed by atoms with van der Waals surface area (Å²) in [7, 11) is 3.20. The van der Waals surface area contributed by atoms with Crippen LogP contribution in [0.2, 0.25) is 0 Å². The lowest BCUT2D eigenvalue weighted by Crippen LogP contribution is -2.22. The molecule has 0 aliphatic rings. The summed E-state index contributed by atoms with van der Waals surface area (Å²) in [4.78, 5) is 16.3. The van der Waals surface area contributed by atoms with Gasteiger partial charge in [-0.25, -0.2) is 9.97 Å². The summed E-state index contributed by atoms with van der Waals surface area (Å²) in [5, 5.41) is 3.99. The molecule has 27 heavy (non-hydrogen) atoms. The molecule has 0 amide bonds. The lowest BCUT2D eigenvalue weighted by atomic mass is 10.2. The van der Waals surface area contributed by atoms with Crippen LogP contribution in [0.3, 0.4) is 0 Å². The summed E-state index contributed by atoms with van der Waals surface area (Å²) in [5.41, 5.74) is 7.91. The molecule has 142 valence electrons. The van der Waals surface area contributed by atoms with E-state index in [0.717, 1.165) is 22.7 Å². The zero-order valence-electron chi connectivity index (χ0n) is 15.1. The fourth-order valence-corrected chi connectivity index (χ4v) is 3.95. The number of hydrogen-bond donors (Lipinski definition) is 3. The second-order valence-electron chi connectivity index (χ2n) is 5.56. The quantitative estimate of drug-likeness (QED) is 0.310. The summed E-state index contributed by atoms with van der Waals surface area (Å²) in [6, 6.07) is 5.57. The Bertz CT molecular complexity index is 962. The van der Waals surface area contributed by atoms with Crippen LogP contribution in [0.4, 0.5) is 11.6 Å². The molecule has 10 heteroatoms. The summed E-state index contributed by atoms with van der Waals surface area (Å²) in [5.74, 6) is 1.48. The van der Waals surface area contributed by atoms with Crippen molar-refractivity contribution >= 4 is 51.8 Å². The molecule has 3 aromatic rings. The number of methoxy groups -OCH3 is 2. The molecular formula is C17H20N6O2S2. The van der Waals surface area contributed by atoms with E-state index in [0.29, 0.717) is 22.1 Å². The molecule has 0 spiro atoms. The molecule has 3 rings (SSSR count). The van der Waals surface area contributed by atoms with Gasteiger partial charge in [-0.3, -0.25) is 0 Å². The van der Waals surface area contributed by atoms with Gasteiger partial charge in [0.25, 0.3) is 0 Å². The van der Waals surface area contributed by atoms with Crippen molar-refractivity contribution in [1.29, 1.82) is 0 Å². The first-order valence-electron chi connectivity index (χ1n) is 8.21. The van der Waals surface area contributed by atoms with Crippen LogP contribution in [0.25, 0.3) is 11.2 Å². The number of nitrogens with zero attached hydrogens (tertiary/aromatic N) is 3. The lowest BCUT2D eigenvalue weighted by Gasteiger charge is -2.18. The number of anilines is 2. The molecule has 0 saturated carbocycles. The van der Waals surface area contributed by atoms with Crippen molar-refractivity contribution in [1.82, 2.24) is 19.9 Å². The largest absolute Gasteiger partial charge is 0.493 e. The van der Waals surface area contributed by atoms with Gasteiger partial charge in [-0.05, 0) is 18.6 Å². The van der Waals surface area contributed by atoms with Crippen molar-refractivity contribution in [2.24, 2.45) is 0 Å². The van der Waals surface area contributed by atoms with Gasteiger partial charge in [-0.2, -0.15) is 4.98 Å². The molecule has 0 aliphatic carbocycles. The first kappa shape index (κ1) is 19.2. The average Bonchev–Trinajstić information content (AvgIpc) is 3.14. The van der Waals surface area contributed by atoms with E-state index in [-0.39, 0.29) is 11.2 Å². The van der Waals surface area contributed by atoms with Gasteiger partial charge in [0, 0.05) is 11.8 Å². The van der Waals surface area contributed by atoms with Gasteiger partial charge in [-0.15, -0.1) is 0 Å². The van der Waals surface area contributed by atoms with Crippen LogP contribution < -0.4 is 20.5 Å². The van der Waals surface area contributed by atoms with E-state index in [4.69, 9.17) is 27.4 Å². The van der Waals surface area contributed by atoms with Crippen LogP contribution in [0.1, 0.15) is 13.3 Å². The SMILES string of the molecule is CC[C@@H](Sc1nc(N)nc2nc[nH]c12)C(=S)Nc1ccc(OC)c(OC)c1. The third-order valence-electron chi connectivity index (χ3n) is 3.84. The highest BCUT2D eigenvalue weighted by Gasteiger charge is 2.19. The Morgan fingerprint density at radius 2 is 2.07 bits per heavy atom. The third kappa shape index (κ3) is 4.22. The summed E-state index contributed by atoms with van der Waals surface area (Å²) in [6.07, 6.45) is 2.38. The highest BCUT2D eigenvalue weighted by molar-refractivity contribution is 8.02. The predicted molar refractivity (Wildman–Crippen MR) is 112 cm³/mol. The molecular weight excluding hydrogens is 384 g/mol. The first-order valence-corrected chi connectivity index (χ1v) is 9.50. The van der Waals surface area contributed by atoms with Crippen molar-refractivity contribution < 1.29 is 9.47 Å². The minimum Gasteiger partial charge on any atom is -0.493 e. The highest BCUT2D eigenvalue weighted by Crippen LogP contribution is 2.32. The number of aromatic amines is 1. The Balaban J connectivity index is 1.79. The van der Waals surface area contributed by atoms with E-state index in [2.05, 4.69) is 32.2 Å². The van der Waals surface area contributed by atoms with Crippen LogP contribution in [0.15, 0.2) is 29.6 Å². The molecule has 0 saturated heterocycles. The molecule has 0 unspecified atom stereocenters. The van der Waals surface area contributed by atoms with Gasteiger partial charge in [0.2, 0.25) is 5.95 Å². The molecule has 4 N–H and O–H groups in total. The molecule has 8 nitrogen and oxygen atoms in total. The predicted octanol–water partition coefficient (Wildman–Crippen LogP) is 3.26. The summed E-state index contributed by atoms with van der Waals surface area (Å²) < 4.78 is 10.6. The number of aromatic nitrogens is 4. The van der Waals surface area contributed by atoms with E-state index in [1.807, 2.05) is 18.2 Å². The fraction of sp³-hybridized carbons (Fsp3) is 0.294. The molecule has 1 atom stereocenters. The number of nitrogens with two attached hydrogens (primary N) is 1. The maximum atomic E-state index is 5.80.